The summed E-state index contributed by atoms with van der Waals surface area (Å²) in [5.41, 5.74) is 1.26. The number of hydrogen-bond acceptors (Lipinski definition) is 4. The quantitative estimate of drug-likeness (QED) is 0.799. The minimum absolute atomic E-state index is 0.0981. The van der Waals surface area contributed by atoms with E-state index in [1.807, 2.05) is 6.92 Å². The minimum Gasteiger partial charge on any atom is -0.393 e. The van der Waals surface area contributed by atoms with Gasteiger partial charge in [-0.25, -0.2) is 14.2 Å². The number of amides is 2. The number of benzene rings is 1. The first-order valence-electron chi connectivity index (χ1n) is 8.43. The van der Waals surface area contributed by atoms with Gasteiger partial charge >= 0.3 is 6.03 Å². The van der Waals surface area contributed by atoms with Crippen LogP contribution in [0.3, 0.4) is 0 Å². The molecule has 3 rings (SSSR count). The zero-order chi connectivity index (χ0) is 18.8. The van der Waals surface area contributed by atoms with Crippen LogP contribution < -0.4 is 5.32 Å². The Hall–Kier alpha value is -1.70. The number of carbonyl (C=O) groups is 1. The summed E-state index contributed by atoms with van der Waals surface area (Å²) < 4.78 is 14.1. The lowest BCUT2D eigenvalue weighted by Gasteiger charge is -2.34. The minimum atomic E-state index is -0.421. The number of aromatic nitrogens is 1. The highest BCUT2D eigenvalue weighted by Crippen LogP contribution is 2.29. The maximum atomic E-state index is 14.1. The highest BCUT2D eigenvalue weighted by atomic mass is 35.5. The number of thiazole rings is 1. The standard InChI is InChI=1S/C18H21ClFN3O2S/c1-10-15(8-12-4-3-5-14(19)16(12)20)26-17(21-10)22-18(25)23(2)9-11-6-13(24)7-11/h3-5,11,13,24H,6-9H2,1-2H3,(H,21,22,25). The fraction of sp³-hybridized carbons (Fsp3) is 0.444. The third-order valence-corrected chi connectivity index (χ3v) is 5.94. The van der Waals surface area contributed by atoms with E-state index >= 15 is 0 Å². The Balaban J connectivity index is 1.62. The molecule has 2 N–H and O–H groups in total. The molecule has 0 atom stereocenters. The van der Waals surface area contributed by atoms with E-state index in [2.05, 4.69) is 10.3 Å². The van der Waals surface area contributed by atoms with Gasteiger partial charge in [0.05, 0.1) is 16.8 Å². The molecule has 5 nitrogen and oxygen atoms in total. The molecule has 1 aliphatic carbocycles. The first-order chi connectivity index (χ1) is 12.3. The van der Waals surface area contributed by atoms with E-state index in [-0.39, 0.29) is 17.2 Å². The molecule has 1 heterocycles. The molecule has 1 aromatic carbocycles. The van der Waals surface area contributed by atoms with Crippen molar-refractivity contribution < 1.29 is 14.3 Å². The molecular formula is C18H21ClFN3O2S. The molecule has 2 aromatic rings. The number of anilines is 1. The van der Waals surface area contributed by atoms with E-state index in [1.165, 1.54) is 17.4 Å². The van der Waals surface area contributed by atoms with Crippen LogP contribution in [-0.2, 0) is 6.42 Å². The molecule has 1 aromatic heterocycles. The van der Waals surface area contributed by atoms with Crippen molar-refractivity contribution in [2.24, 2.45) is 5.92 Å². The zero-order valence-corrected chi connectivity index (χ0v) is 16.2. The molecule has 0 spiro atoms. The van der Waals surface area contributed by atoms with Gasteiger partial charge in [0.1, 0.15) is 5.82 Å². The third kappa shape index (κ3) is 4.34. The summed E-state index contributed by atoms with van der Waals surface area (Å²) in [7, 11) is 1.72. The number of aliphatic hydroxyl groups is 1. The largest absolute Gasteiger partial charge is 0.393 e. The van der Waals surface area contributed by atoms with Crippen molar-refractivity contribution in [1.29, 1.82) is 0 Å². The SMILES string of the molecule is Cc1nc(NC(=O)N(C)CC2CC(O)C2)sc1Cc1cccc(Cl)c1F. The number of carbonyl (C=O) groups excluding carboxylic acids is 1. The number of aryl methyl sites for hydroxylation is 1. The van der Waals surface area contributed by atoms with Crippen LogP contribution >= 0.6 is 22.9 Å². The van der Waals surface area contributed by atoms with Crippen LogP contribution in [0.5, 0.6) is 0 Å². The number of rotatable bonds is 5. The monoisotopic (exact) mass is 397 g/mol. The van der Waals surface area contributed by atoms with Crippen LogP contribution in [0.25, 0.3) is 0 Å². The molecule has 1 aliphatic rings. The Morgan fingerprint density at radius 3 is 2.92 bits per heavy atom. The van der Waals surface area contributed by atoms with E-state index in [0.29, 0.717) is 29.6 Å². The predicted octanol–water partition coefficient (Wildman–Crippen LogP) is 4.07. The summed E-state index contributed by atoms with van der Waals surface area (Å²) in [4.78, 5) is 19.1. The molecular weight excluding hydrogens is 377 g/mol. The first kappa shape index (κ1) is 19.1. The molecule has 0 radical (unpaired) electrons. The van der Waals surface area contributed by atoms with Crippen LogP contribution in [0.4, 0.5) is 14.3 Å². The van der Waals surface area contributed by atoms with Crippen LogP contribution in [0, 0.1) is 18.7 Å². The lowest BCUT2D eigenvalue weighted by Crippen LogP contribution is -2.41. The Morgan fingerprint density at radius 1 is 1.50 bits per heavy atom. The Kier molecular flexibility index (Phi) is 5.79. The molecule has 1 fully saturated rings. The van der Waals surface area contributed by atoms with Crippen molar-refractivity contribution in [3.05, 3.63) is 45.2 Å². The highest BCUT2D eigenvalue weighted by Gasteiger charge is 2.29. The van der Waals surface area contributed by atoms with Crippen molar-refractivity contribution in [1.82, 2.24) is 9.88 Å². The molecule has 140 valence electrons. The number of nitrogens with zero attached hydrogens (tertiary/aromatic N) is 2. The van der Waals surface area contributed by atoms with Crippen LogP contribution in [0.2, 0.25) is 5.02 Å². The van der Waals surface area contributed by atoms with Gasteiger partial charge in [-0.3, -0.25) is 5.32 Å². The van der Waals surface area contributed by atoms with E-state index in [9.17, 15) is 14.3 Å². The number of hydrogen-bond donors (Lipinski definition) is 2. The van der Waals surface area contributed by atoms with Gasteiger partial charge in [-0.15, -0.1) is 11.3 Å². The fourth-order valence-corrected chi connectivity index (χ4v) is 4.18. The van der Waals surface area contributed by atoms with Gasteiger partial charge in [0.25, 0.3) is 0 Å². The Bertz CT molecular complexity index is 808. The average molecular weight is 398 g/mol. The van der Waals surface area contributed by atoms with E-state index < -0.39 is 5.82 Å². The molecule has 26 heavy (non-hydrogen) atoms. The maximum Gasteiger partial charge on any atom is 0.323 e. The first-order valence-corrected chi connectivity index (χ1v) is 9.62. The molecule has 0 bridgehead atoms. The Morgan fingerprint density at radius 2 is 2.23 bits per heavy atom. The summed E-state index contributed by atoms with van der Waals surface area (Å²) in [6.07, 6.45) is 1.63. The van der Waals surface area contributed by atoms with Gasteiger partial charge in [-0.2, -0.15) is 0 Å². The second-order valence-electron chi connectivity index (χ2n) is 6.72. The summed E-state index contributed by atoms with van der Waals surface area (Å²) >= 11 is 7.16. The van der Waals surface area contributed by atoms with Crippen LogP contribution in [0.15, 0.2) is 18.2 Å². The van der Waals surface area contributed by atoms with Gasteiger partial charge < -0.3 is 10.0 Å². The maximum absolute atomic E-state index is 14.1. The number of aliphatic hydroxyl groups excluding tert-OH is 1. The number of nitrogens with one attached hydrogen (secondary N) is 1. The van der Waals surface area contributed by atoms with Gasteiger partial charge in [0.15, 0.2) is 5.13 Å². The van der Waals surface area contributed by atoms with Gasteiger partial charge in [0.2, 0.25) is 0 Å². The van der Waals surface area contributed by atoms with Crippen molar-refractivity contribution in [3.63, 3.8) is 0 Å². The summed E-state index contributed by atoms with van der Waals surface area (Å²) in [5, 5.41) is 12.7. The Labute approximate surface area is 160 Å². The molecule has 8 heteroatoms. The van der Waals surface area contributed by atoms with Gasteiger partial charge in [-0.05, 0) is 37.3 Å². The summed E-state index contributed by atoms with van der Waals surface area (Å²) in [6, 6.07) is 4.69. The molecule has 0 unspecified atom stereocenters. The van der Waals surface area contributed by atoms with E-state index in [4.69, 9.17) is 11.6 Å². The predicted molar refractivity (Wildman–Crippen MR) is 101 cm³/mol. The second kappa shape index (κ2) is 7.90. The molecule has 2 amide bonds. The number of urea groups is 1. The normalized spacial score (nSPS) is 19.1. The summed E-state index contributed by atoms with van der Waals surface area (Å²) in [5.74, 6) is -0.0740. The van der Waals surface area contributed by atoms with Gasteiger partial charge in [-0.1, -0.05) is 23.7 Å². The van der Waals surface area contributed by atoms with Gasteiger partial charge in [0, 0.05) is 24.9 Å². The molecule has 0 saturated heterocycles. The zero-order valence-electron chi connectivity index (χ0n) is 14.6. The van der Waals surface area contributed by atoms with E-state index in [0.717, 1.165) is 23.4 Å². The van der Waals surface area contributed by atoms with E-state index in [1.54, 1.807) is 24.1 Å². The third-order valence-electron chi connectivity index (χ3n) is 4.58. The van der Waals surface area contributed by atoms with Crippen molar-refractivity contribution in [2.75, 3.05) is 18.9 Å². The number of halogens is 2. The van der Waals surface area contributed by atoms with Crippen LogP contribution in [-0.4, -0.2) is 40.7 Å². The lowest BCUT2D eigenvalue weighted by atomic mass is 9.82. The average Bonchev–Trinajstić information content (AvgIpc) is 2.89. The van der Waals surface area contributed by atoms with Crippen molar-refractivity contribution in [2.45, 2.75) is 32.3 Å². The lowest BCUT2D eigenvalue weighted by molar-refractivity contribution is 0.0332. The molecule has 1 saturated carbocycles. The van der Waals surface area contributed by atoms with Crippen LogP contribution in [0.1, 0.15) is 29.0 Å². The topological polar surface area (TPSA) is 65.5 Å². The van der Waals surface area contributed by atoms with Crippen molar-refractivity contribution >= 4 is 34.1 Å². The summed E-state index contributed by atoms with van der Waals surface area (Å²) in [6.45, 7) is 2.44. The molecule has 0 aliphatic heterocycles. The fourth-order valence-electron chi connectivity index (χ4n) is 3.01. The second-order valence-corrected chi connectivity index (χ2v) is 8.21. The van der Waals surface area contributed by atoms with Crippen molar-refractivity contribution in [3.8, 4) is 0 Å². The highest BCUT2D eigenvalue weighted by molar-refractivity contribution is 7.15. The smallest absolute Gasteiger partial charge is 0.323 e.